The van der Waals surface area contributed by atoms with E-state index in [1.807, 2.05) is 0 Å². The summed E-state index contributed by atoms with van der Waals surface area (Å²) in [5.41, 5.74) is 1.57. The van der Waals surface area contributed by atoms with Crippen LogP contribution in [0.1, 0.15) is 5.56 Å². The fourth-order valence-electron chi connectivity index (χ4n) is 1.70. The Bertz CT molecular complexity index is 567. The molecule has 0 bridgehead atoms. The van der Waals surface area contributed by atoms with Crippen molar-refractivity contribution in [2.24, 2.45) is 0 Å². The monoisotopic (exact) mass is 301 g/mol. The zero-order valence-corrected chi connectivity index (χ0v) is 11.0. The van der Waals surface area contributed by atoms with Crippen LogP contribution in [0.4, 0.5) is 18.9 Å². The minimum Gasteiger partial charge on any atom is -0.406 e. The normalized spacial score (nSPS) is 11.4. The summed E-state index contributed by atoms with van der Waals surface area (Å²) in [5.74, 6) is -0.260. The van der Waals surface area contributed by atoms with Gasteiger partial charge in [0.05, 0.1) is 19.3 Å². The lowest BCUT2D eigenvalue weighted by Crippen LogP contribution is -2.17. The summed E-state index contributed by atoms with van der Waals surface area (Å²) in [6.07, 6.45) is -1.25. The molecule has 1 heterocycles. The Labute approximate surface area is 119 Å². The van der Waals surface area contributed by atoms with Gasteiger partial charge in [0.1, 0.15) is 5.75 Å². The molecule has 0 saturated carbocycles. The van der Waals surface area contributed by atoms with Crippen LogP contribution in [0.2, 0.25) is 0 Å². The maximum Gasteiger partial charge on any atom is 0.573 e. The lowest BCUT2D eigenvalue weighted by Gasteiger charge is -2.10. The SMILES string of the molecule is OCCn1cc(CNc2ccc(OC(F)(F)F)cc2)cn1. The first-order valence-corrected chi connectivity index (χ1v) is 6.18. The van der Waals surface area contributed by atoms with Crippen molar-refractivity contribution in [1.29, 1.82) is 0 Å². The van der Waals surface area contributed by atoms with E-state index in [2.05, 4.69) is 15.2 Å². The van der Waals surface area contributed by atoms with Crippen LogP contribution in [-0.4, -0.2) is 27.9 Å². The summed E-state index contributed by atoms with van der Waals surface area (Å²) in [6, 6.07) is 5.48. The van der Waals surface area contributed by atoms with Crippen molar-refractivity contribution in [3.8, 4) is 5.75 Å². The number of anilines is 1. The van der Waals surface area contributed by atoms with Crippen LogP contribution >= 0.6 is 0 Å². The molecule has 2 N–H and O–H groups in total. The van der Waals surface area contributed by atoms with Crippen LogP contribution in [0.25, 0.3) is 0 Å². The largest absolute Gasteiger partial charge is 0.573 e. The molecule has 0 aliphatic heterocycles. The van der Waals surface area contributed by atoms with Gasteiger partial charge in [0.2, 0.25) is 0 Å². The average molecular weight is 301 g/mol. The van der Waals surface area contributed by atoms with Crippen LogP contribution in [0.15, 0.2) is 36.7 Å². The van der Waals surface area contributed by atoms with E-state index in [4.69, 9.17) is 5.11 Å². The van der Waals surface area contributed by atoms with Crippen molar-refractivity contribution in [1.82, 2.24) is 9.78 Å². The minimum absolute atomic E-state index is 0.00914. The molecule has 0 amide bonds. The van der Waals surface area contributed by atoms with Gasteiger partial charge in [-0.2, -0.15) is 5.10 Å². The van der Waals surface area contributed by atoms with Crippen LogP contribution in [-0.2, 0) is 13.1 Å². The smallest absolute Gasteiger partial charge is 0.406 e. The Morgan fingerprint density at radius 2 is 1.95 bits per heavy atom. The van der Waals surface area contributed by atoms with Gasteiger partial charge in [-0.25, -0.2) is 0 Å². The number of benzene rings is 1. The first-order chi connectivity index (χ1) is 9.96. The van der Waals surface area contributed by atoms with E-state index in [1.165, 1.54) is 24.3 Å². The summed E-state index contributed by atoms with van der Waals surface area (Å²) in [5, 5.41) is 15.9. The number of halogens is 3. The third-order valence-electron chi connectivity index (χ3n) is 2.60. The van der Waals surface area contributed by atoms with E-state index >= 15 is 0 Å². The molecule has 2 rings (SSSR count). The molecule has 0 spiro atoms. The Morgan fingerprint density at radius 3 is 2.57 bits per heavy atom. The molecule has 5 nitrogen and oxygen atoms in total. The first-order valence-electron chi connectivity index (χ1n) is 6.18. The van der Waals surface area contributed by atoms with Gasteiger partial charge in [0, 0.05) is 24.0 Å². The van der Waals surface area contributed by atoms with Crippen LogP contribution in [0.3, 0.4) is 0 Å². The van der Waals surface area contributed by atoms with Crippen LogP contribution < -0.4 is 10.1 Å². The number of aliphatic hydroxyl groups is 1. The molecular weight excluding hydrogens is 287 g/mol. The van der Waals surface area contributed by atoms with E-state index in [0.29, 0.717) is 18.8 Å². The van der Waals surface area contributed by atoms with Crippen molar-refractivity contribution in [2.45, 2.75) is 19.5 Å². The summed E-state index contributed by atoms with van der Waals surface area (Å²) < 4.78 is 41.4. The molecule has 0 aliphatic rings. The van der Waals surface area contributed by atoms with Crippen molar-refractivity contribution < 1.29 is 23.0 Å². The standard InChI is InChI=1S/C13H14F3N3O2/c14-13(15,16)21-12-3-1-11(2-4-12)17-7-10-8-18-19(9-10)5-6-20/h1-4,8-9,17,20H,5-7H2. The van der Waals surface area contributed by atoms with Gasteiger partial charge in [-0.05, 0) is 24.3 Å². The van der Waals surface area contributed by atoms with Gasteiger partial charge in [-0.15, -0.1) is 13.2 Å². The molecule has 21 heavy (non-hydrogen) atoms. The van der Waals surface area contributed by atoms with Gasteiger partial charge in [0.15, 0.2) is 0 Å². The molecule has 0 radical (unpaired) electrons. The number of ether oxygens (including phenoxy) is 1. The Hall–Kier alpha value is -2.22. The highest BCUT2D eigenvalue weighted by Gasteiger charge is 2.30. The van der Waals surface area contributed by atoms with Crippen molar-refractivity contribution in [2.75, 3.05) is 11.9 Å². The molecule has 2 aromatic rings. The molecule has 8 heteroatoms. The number of nitrogens with zero attached hydrogens (tertiary/aromatic N) is 2. The first kappa shape index (κ1) is 15.2. The van der Waals surface area contributed by atoms with Gasteiger partial charge >= 0.3 is 6.36 Å². The lowest BCUT2D eigenvalue weighted by atomic mass is 10.3. The molecular formula is C13H14F3N3O2. The van der Waals surface area contributed by atoms with E-state index in [1.54, 1.807) is 17.1 Å². The van der Waals surface area contributed by atoms with E-state index in [-0.39, 0.29) is 12.4 Å². The third-order valence-corrected chi connectivity index (χ3v) is 2.60. The molecule has 0 atom stereocenters. The van der Waals surface area contributed by atoms with Crippen molar-refractivity contribution in [3.05, 3.63) is 42.2 Å². The number of aliphatic hydroxyl groups excluding tert-OH is 1. The zero-order valence-electron chi connectivity index (χ0n) is 11.0. The predicted molar refractivity (Wildman–Crippen MR) is 69.8 cm³/mol. The molecule has 1 aromatic heterocycles. The van der Waals surface area contributed by atoms with Crippen LogP contribution in [0, 0.1) is 0 Å². The molecule has 0 aliphatic carbocycles. The lowest BCUT2D eigenvalue weighted by molar-refractivity contribution is -0.274. The molecule has 0 saturated heterocycles. The molecule has 114 valence electrons. The number of aromatic nitrogens is 2. The fraction of sp³-hybridized carbons (Fsp3) is 0.308. The highest BCUT2D eigenvalue weighted by Crippen LogP contribution is 2.24. The Morgan fingerprint density at radius 1 is 1.24 bits per heavy atom. The minimum atomic E-state index is -4.68. The molecule has 0 fully saturated rings. The topological polar surface area (TPSA) is 59.3 Å². The summed E-state index contributed by atoms with van der Waals surface area (Å²) in [7, 11) is 0. The van der Waals surface area contributed by atoms with E-state index in [9.17, 15) is 13.2 Å². The number of rotatable bonds is 6. The predicted octanol–water partition coefficient (Wildman–Crippen LogP) is 2.39. The zero-order chi connectivity index (χ0) is 15.3. The van der Waals surface area contributed by atoms with Crippen LogP contribution in [0.5, 0.6) is 5.75 Å². The quantitative estimate of drug-likeness (QED) is 0.860. The fourth-order valence-corrected chi connectivity index (χ4v) is 1.70. The van der Waals surface area contributed by atoms with Gasteiger partial charge < -0.3 is 15.2 Å². The van der Waals surface area contributed by atoms with E-state index in [0.717, 1.165) is 5.56 Å². The Balaban J connectivity index is 1.88. The third kappa shape index (κ3) is 4.99. The number of nitrogens with one attached hydrogen (secondary N) is 1. The average Bonchev–Trinajstić information content (AvgIpc) is 2.84. The number of hydrogen-bond acceptors (Lipinski definition) is 4. The highest BCUT2D eigenvalue weighted by atomic mass is 19.4. The number of hydrogen-bond donors (Lipinski definition) is 2. The molecule has 1 aromatic carbocycles. The van der Waals surface area contributed by atoms with Gasteiger partial charge in [-0.1, -0.05) is 0 Å². The number of alkyl halides is 3. The summed E-state index contributed by atoms with van der Waals surface area (Å²) in [4.78, 5) is 0. The highest BCUT2D eigenvalue weighted by molar-refractivity contribution is 5.46. The van der Waals surface area contributed by atoms with Gasteiger partial charge in [0.25, 0.3) is 0 Å². The second-order valence-corrected chi connectivity index (χ2v) is 4.26. The second-order valence-electron chi connectivity index (χ2n) is 4.26. The van der Waals surface area contributed by atoms with Crippen molar-refractivity contribution >= 4 is 5.69 Å². The van der Waals surface area contributed by atoms with Crippen molar-refractivity contribution in [3.63, 3.8) is 0 Å². The Kier molecular flexibility index (Phi) is 4.69. The summed E-state index contributed by atoms with van der Waals surface area (Å²) >= 11 is 0. The summed E-state index contributed by atoms with van der Waals surface area (Å²) in [6.45, 7) is 0.906. The maximum absolute atomic E-state index is 12.0. The van der Waals surface area contributed by atoms with Gasteiger partial charge in [-0.3, -0.25) is 4.68 Å². The molecule has 0 unspecified atom stereocenters. The second kappa shape index (κ2) is 6.49. The van der Waals surface area contributed by atoms with E-state index < -0.39 is 6.36 Å². The maximum atomic E-state index is 12.0.